The van der Waals surface area contributed by atoms with Gasteiger partial charge >= 0.3 is 0 Å². The minimum absolute atomic E-state index is 0.0712. The highest BCUT2D eigenvalue weighted by molar-refractivity contribution is 6.07. The maximum atomic E-state index is 13.6. The van der Waals surface area contributed by atoms with Crippen LogP contribution >= 0.6 is 0 Å². The van der Waals surface area contributed by atoms with Crippen LogP contribution in [0.5, 0.6) is 5.75 Å². The smallest absolute Gasteiger partial charge is 0.264 e. The normalized spacial score (nSPS) is 36.1. The number of hydrogen-bond acceptors (Lipinski definition) is 6. The van der Waals surface area contributed by atoms with Gasteiger partial charge in [-0.15, -0.1) is 0 Å². The second kappa shape index (κ2) is 5.81. The van der Waals surface area contributed by atoms with E-state index < -0.39 is 5.41 Å². The molecule has 1 amide bonds. The van der Waals surface area contributed by atoms with Crippen LogP contribution in [0.1, 0.15) is 18.4 Å². The highest BCUT2D eigenvalue weighted by Gasteiger charge is 2.63. The fourth-order valence-electron chi connectivity index (χ4n) is 5.46. The summed E-state index contributed by atoms with van der Waals surface area (Å²) in [5.74, 6) is 0.872. The number of aldehydes is 1. The first-order chi connectivity index (χ1) is 13.1. The zero-order valence-corrected chi connectivity index (χ0v) is 15.3. The van der Waals surface area contributed by atoms with E-state index >= 15 is 0 Å². The van der Waals surface area contributed by atoms with Crippen LogP contribution in [-0.2, 0) is 24.6 Å². The van der Waals surface area contributed by atoms with Crippen molar-refractivity contribution in [1.82, 2.24) is 5.32 Å². The van der Waals surface area contributed by atoms with Crippen molar-refractivity contribution in [3.05, 3.63) is 35.5 Å². The molecule has 0 aromatic heterocycles. The number of amides is 1. The third kappa shape index (κ3) is 2.04. The Morgan fingerprint density at radius 3 is 2.96 bits per heavy atom. The van der Waals surface area contributed by atoms with Gasteiger partial charge in [-0.3, -0.25) is 14.4 Å². The molecular formula is C20H22N2O5. The number of nitrogens with one attached hydrogen (secondary N) is 1. The highest BCUT2D eigenvalue weighted by Crippen LogP contribution is 2.56. The van der Waals surface area contributed by atoms with Gasteiger partial charge in [0.2, 0.25) is 0 Å². The van der Waals surface area contributed by atoms with Gasteiger partial charge in [0.15, 0.2) is 0 Å². The van der Waals surface area contributed by atoms with Crippen molar-refractivity contribution >= 4 is 17.9 Å². The first-order valence-corrected chi connectivity index (χ1v) is 9.24. The number of carbonyl (C=O) groups is 2. The number of allylic oxidation sites excluding steroid dienone is 1. The SMILES string of the molecule is COc1ccc2c(c1)N(OC)C(=O)C21CC2NC=C(C=O)C3CC1OCC23. The predicted molar refractivity (Wildman–Crippen MR) is 96.2 cm³/mol. The monoisotopic (exact) mass is 370 g/mol. The van der Waals surface area contributed by atoms with Gasteiger partial charge in [0.1, 0.15) is 17.5 Å². The molecule has 4 heterocycles. The Hall–Kier alpha value is -2.38. The van der Waals surface area contributed by atoms with Crippen LogP contribution in [0.3, 0.4) is 0 Å². The lowest BCUT2D eigenvalue weighted by Gasteiger charge is -2.40. The molecule has 3 fully saturated rings. The van der Waals surface area contributed by atoms with Gasteiger partial charge in [-0.25, -0.2) is 0 Å². The molecule has 5 unspecified atom stereocenters. The van der Waals surface area contributed by atoms with Crippen molar-refractivity contribution in [2.75, 3.05) is 25.9 Å². The third-order valence-corrected chi connectivity index (χ3v) is 6.76. The molecule has 1 saturated carbocycles. The largest absolute Gasteiger partial charge is 0.497 e. The third-order valence-electron chi connectivity index (χ3n) is 6.76. The Morgan fingerprint density at radius 1 is 1.37 bits per heavy atom. The van der Waals surface area contributed by atoms with Crippen LogP contribution in [0, 0.1) is 11.8 Å². The number of carbonyl (C=O) groups excluding carboxylic acids is 2. The van der Waals surface area contributed by atoms with Crippen molar-refractivity contribution in [1.29, 1.82) is 0 Å². The predicted octanol–water partition coefficient (Wildman–Crippen LogP) is 1.32. The Labute approximate surface area is 157 Å². The zero-order valence-electron chi connectivity index (χ0n) is 15.3. The molecule has 4 aliphatic heterocycles. The quantitative estimate of drug-likeness (QED) is 0.809. The molecular weight excluding hydrogens is 348 g/mol. The Bertz CT molecular complexity index is 853. The minimum atomic E-state index is -0.828. The first kappa shape index (κ1) is 16.8. The lowest BCUT2D eigenvalue weighted by Crippen LogP contribution is -2.50. The van der Waals surface area contributed by atoms with Crippen LogP contribution in [0.25, 0.3) is 0 Å². The van der Waals surface area contributed by atoms with E-state index in [1.807, 2.05) is 24.4 Å². The Balaban J connectivity index is 1.67. The van der Waals surface area contributed by atoms with Gasteiger partial charge in [-0.05, 0) is 30.4 Å². The molecule has 1 aliphatic carbocycles. The van der Waals surface area contributed by atoms with E-state index in [9.17, 15) is 9.59 Å². The number of rotatable bonds is 3. The van der Waals surface area contributed by atoms with E-state index in [2.05, 4.69) is 5.32 Å². The summed E-state index contributed by atoms with van der Waals surface area (Å²) in [4.78, 5) is 30.6. The topological polar surface area (TPSA) is 77.1 Å². The molecule has 5 atom stereocenters. The van der Waals surface area contributed by atoms with Gasteiger partial charge in [-0.1, -0.05) is 6.07 Å². The van der Waals surface area contributed by atoms with E-state index in [1.165, 1.54) is 12.2 Å². The molecule has 6 rings (SSSR count). The van der Waals surface area contributed by atoms with E-state index in [-0.39, 0.29) is 29.9 Å². The van der Waals surface area contributed by atoms with Gasteiger partial charge < -0.3 is 14.8 Å². The Morgan fingerprint density at radius 2 is 2.22 bits per heavy atom. The van der Waals surface area contributed by atoms with Crippen molar-refractivity contribution in [2.24, 2.45) is 11.8 Å². The second-order valence-electron chi connectivity index (χ2n) is 7.70. The summed E-state index contributed by atoms with van der Waals surface area (Å²) in [6.45, 7) is 0.547. The number of hydroxylamine groups is 1. The molecule has 2 saturated heterocycles. The molecule has 7 nitrogen and oxygen atoms in total. The number of fused-ring (bicyclic) bond motifs is 2. The number of hydrogen-bond donors (Lipinski definition) is 1. The van der Waals surface area contributed by atoms with Gasteiger partial charge in [0, 0.05) is 29.8 Å². The average Bonchev–Trinajstić information content (AvgIpc) is 2.80. The summed E-state index contributed by atoms with van der Waals surface area (Å²) in [6.07, 6.45) is 3.72. The summed E-state index contributed by atoms with van der Waals surface area (Å²) in [5, 5.41) is 4.73. The molecule has 1 N–H and O–H groups in total. The minimum Gasteiger partial charge on any atom is -0.497 e. The molecule has 0 radical (unpaired) electrons. The summed E-state index contributed by atoms with van der Waals surface area (Å²) >= 11 is 0. The van der Waals surface area contributed by atoms with Crippen LogP contribution in [0.4, 0.5) is 5.69 Å². The summed E-state index contributed by atoms with van der Waals surface area (Å²) in [7, 11) is 3.10. The molecule has 7 heteroatoms. The second-order valence-corrected chi connectivity index (χ2v) is 7.70. The molecule has 1 spiro atoms. The van der Waals surface area contributed by atoms with Crippen LogP contribution < -0.4 is 15.1 Å². The molecule has 1 aromatic carbocycles. The molecule has 5 aliphatic rings. The first-order valence-electron chi connectivity index (χ1n) is 9.24. The lowest BCUT2D eigenvalue weighted by molar-refractivity contribution is -0.137. The lowest BCUT2D eigenvalue weighted by atomic mass is 9.72. The summed E-state index contributed by atoms with van der Waals surface area (Å²) in [6, 6.07) is 5.73. The molecule has 4 bridgehead atoms. The van der Waals surface area contributed by atoms with Crippen molar-refractivity contribution in [2.45, 2.75) is 30.4 Å². The summed E-state index contributed by atoms with van der Waals surface area (Å²) < 4.78 is 11.6. The van der Waals surface area contributed by atoms with Crippen molar-refractivity contribution in [3.63, 3.8) is 0 Å². The zero-order chi connectivity index (χ0) is 18.8. The number of anilines is 1. The van der Waals surface area contributed by atoms with E-state index in [4.69, 9.17) is 14.3 Å². The number of benzene rings is 1. The van der Waals surface area contributed by atoms with Gasteiger partial charge in [0.05, 0.1) is 32.6 Å². The highest BCUT2D eigenvalue weighted by atomic mass is 16.7. The van der Waals surface area contributed by atoms with Crippen LogP contribution in [-0.4, -0.2) is 45.2 Å². The number of methoxy groups -OCH3 is 1. The maximum Gasteiger partial charge on any atom is 0.264 e. The molecule has 27 heavy (non-hydrogen) atoms. The average molecular weight is 370 g/mol. The van der Waals surface area contributed by atoms with Crippen molar-refractivity contribution < 1.29 is 23.9 Å². The number of nitrogens with zero attached hydrogens (tertiary/aromatic N) is 1. The Kier molecular flexibility index (Phi) is 3.61. The van der Waals surface area contributed by atoms with Gasteiger partial charge in [0.25, 0.3) is 5.91 Å². The summed E-state index contributed by atoms with van der Waals surface area (Å²) in [5.41, 5.74) is 1.55. The fourth-order valence-corrected chi connectivity index (χ4v) is 5.46. The van der Waals surface area contributed by atoms with Crippen LogP contribution in [0.15, 0.2) is 30.0 Å². The van der Waals surface area contributed by atoms with Crippen LogP contribution in [0.2, 0.25) is 0 Å². The molecule has 1 aromatic rings. The molecule has 142 valence electrons. The number of ether oxygens (including phenoxy) is 2. The van der Waals surface area contributed by atoms with Crippen molar-refractivity contribution in [3.8, 4) is 5.75 Å². The van der Waals surface area contributed by atoms with E-state index in [0.717, 1.165) is 17.4 Å². The fraction of sp³-hybridized carbons (Fsp3) is 0.500. The maximum absolute atomic E-state index is 13.6. The standard InChI is InChI=1S/C20H22N2O5/c1-25-12-3-4-15-17(5-12)22(26-2)19(24)20(15)7-16-14-10-27-18(20)6-13(14)11(9-23)8-21-16/h3-5,8-9,13-14,16,18,21H,6-7,10H2,1-2H3. The van der Waals surface area contributed by atoms with Gasteiger partial charge in [-0.2, -0.15) is 5.06 Å². The van der Waals surface area contributed by atoms with E-state index in [0.29, 0.717) is 30.9 Å². The van der Waals surface area contributed by atoms with E-state index in [1.54, 1.807) is 7.11 Å².